The number of esters is 1. The SMILES string of the molecule is Cc1ccc2c(c1)C(=O)N(CC(=O)OC(C)C(=O)NC(=O)NCC(F)(F)F)C2=O. The van der Waals surface area contributed by atoms with Gasteiger partial charge in [-0.2, -0.15) is 13.2 Å². The fourth-order valence-corrected chi connectivity index (χ4v) is 2.40. The zero-order chi connectivity index (χ0) is 21.9. The summed E-state index contributed by atoms with van der Waals surface area (Å²) in [6.07, 6.45) is -6.22. The number of amides is 5. The molecule has 0 fully saturated rings. The van der Waals surface area contributed by atoms with Gasteiger partial charge in [-0.15, -0.1) is 0 Å². The van der Waals surface area contributed by atoms with E-state index in [1.54, 1.807) is 18.3 Å². The highest BCUT2D eigenvalue weighted by Gasteiger charge is 2.37. The van der Waals surface area contributed by atoms with Crippen LogP contribution in [0.2, 0.25) is 0 Å². The van der Waals surface area contributed by atoms with E-state index in [4.69, 9.17) is 4.74 Å². The molecule has 0 saturated heterocycles. The third-order valence-corrected chi connectivity index (χ3v) is 3.78. The summed E-state index contributed by atoms with van der Waals surface area (Å²) >= 11 is 0. The number of alkyl halides is 3. The average Bonchev–Trinajstić information content (AvgIpc) is 2.83. The van der Waals surface area contributed by atoms with Gasteiger partial charge in [-0.25, -0.2) is 4.79 Å². The van der Waals surface area contributed by atoms with Crippen LogP contribution in [-0.4, -0.2) is 60.0 Å². The third-order valence-electron chi connectivity index (χ3n) is 3.78. The summed E-state index contributed by atoms with van der Waals surface area (Å²) in [5.74, 6) is -3.70. The van der Waals surface area contributed by atoms with Crippen molar-refractivity contribution >= 4 is 29.7 Å². The molecule has 1 aromatic rings. The number of rotatable bonds is 5. The van der Waals surface area contributed by atoms with Crippen molar-refractivity contribution in [3.63, 3.8) is 0 Å². The molecule has 2 N–H and O–H groups in total. The number of hydrogen-bond donors (Lipinski definition) is 2. The lowest BCUT2D eigenvalue weighted by molar-refractivity contribution is -0.154. The number of imide groups is 2. The highest BCUT2D eigenvalue weighted by Crippen LogP contribution is 2.23. The Morgan fingerprint density at radius 3 is 2.38 bits per heavy atom. The van der Waals surface area contributed by atoms with Gasteiger partial charge < -0.3 is 10.1 Å². The van der Waals surface area contributed by atoms with Gasteiger partial charge in [-0.1, -0.05) is 11.6 Å². The van der Waals surface area contributed by atoms with E-state index in [-0.39, 0.29) is 11.1 Å². The highest BCUT2D eigenvalue weighted by molar-refractivity contribution is 6.22. The minimum atomic E-state index is -4.66. The molecule has 0 spiro atoms. The summed E-state index contributed by atoms with van der Waals surface area (Å²) in [7, 11) is 0. The summed E-state index contributed by atoms with van der Waals surface area (Å²) in [4.78, 5) is 60.1. The van der Waals surface area contributed by atoms with E-state index in [0.717, 1.165) is 12.5 Å². The van der Waals surface area contributed by atoms with Crippen molar-refractivity contribution < 1.29 is 41.9 Å². The topological polar surface area (TPSA) is 122 Å². The van der Waals surface area contributed by atoms with Gasteiger partial charge >= 0.3 is 18.2 Å². The van der Waals surface area contributed by atoms with Crippen LogP contribution in [0.4, 0.5) is 18.0 Å². The van der Waals surface area contributed by atoms with Crippen LogP contribution < -0.4 is 10.6 Å². The monoisotopic (exact) mass is 415 g/mol. The third kappa shape index (κ3) is 5.53. The first kappa shape index (κ1) is 21.9. The van der Waals surface area contributed by atoms with E-state index in [9.17, 15) is 37.1 Å². The molecule has 5 amide bonds. The molecule has 0 bridgehead atoms. The molecule has 29 heavy (non-hydrogen) atoms. The summed E-state index contributed by atoms with van der Waals surface area (Å²) < 4.78 is 40.8. The molecule has 12 heteroatoms. The molecular weight excluding hydrogens is 399 g/mol. The lowest BCUT2D eigenvalue weighted by Crippen LogP contribution is -2.47. The summed E-state index contributed by atoms with van der Waals surface area (Å²) in [5, 5.41) is 2.99. The van der Waals surface area contributed by atoms with Gasteiger partial charge in [0.2, 0.25) is 0 Å². The first-order chi connectivity index (χ1) is 13.4. The fraction of sp³-hybridized carbons (Fsp3) is 0.353. The van der Waals surface area contributed by atoms with Crippen LogP contribution in [0.1, 0.15) is 33.2 Å². The number of aryl methyl sites for hydroxylation is 1. The standard InChI is InChI=1S/C17H16F3N3O6/c1-8-3-4-10-11(5-8)15(27)23(14(10)26)6-12(24)29-9(2)13(25)22-16(28)21-7-17(18,19)20/h3-5,9H,6-7H2,1-2H3,(H2,21,22,25,28). The molecular formula is C17H16F3N3O6. The van der Waals surface area contributed by atoms with Gasteiger partial charge in [0.05, 0.1) is 11.1 Å². The Kier molecular flexibility index (Phi) is 6.25. The van der Waals surface area contributed by atoms with Crippen LogP contribution in [0.3, 0.4) is 0 Å². The van der Waals surface area contributed by atoms with Crippen LogP contribution in [0.15, 0.2) is 18.2 Å². The fourth-order valence-electron chi connectivity index (χ4n) is 2.40. The first-order valence-corrected chi connectivity index (χ1v) is 8.21. The van der Waals surface area contributed by atoms with Crippen molar-refractivity contribution in [1.82, 2.24) is 15.5 Å². The molecule has 0 aliphatic carbocycles. The van der Waals surface area contributed by atoms with Crippen molar-refractivity contribution in [3.05, 3.63) is 34.9 Å². The van der Waals surface area contributed by atoms with Gasteiger partial charge in [0, 0.05) is 0 Å². The number of carbonyl (C=O) groups excluding carboxylic acids is 5. The predicted molar refractivity (Wildman–Crippen MR) is 89.7 cm³/mol. The smallest absolute Gasteiger partial charge is 0.405 e. The Hall–Kier alpha value is -3.44. The number of fused-ring (bicyclic) bond motifs is 1. The molecule has 2 rings (SSSR count). The Bertz CT molecular complexity index is 884. The number of nitrogens with zero attached hydrogens (tertiary/aromatic N) is 1. The second-order valence-corrected chi connectivity index (χ2v) is 6.16. The molecule has 1 unspecified atom stereocenters. The number of ether oxygens (including phenoxy) is 1. The van der Waals surface area contributed by atoms with Crippen molar-refractivity contribution in [1.29, 1.82) is 0 Å². The number of benzene rings is 1. The van der Waals surface area contributed by atoms with Gasteiger partial charge in [-0.05, 0) is 26.0 Å². The Balaban J connectivity index is 1.89. The van der Waals surface area contributed by atoms with E-state index in [2.05, 4.69) is 0 Å². The molecule has 156 valence electrons. The zero-order valence-corrected chi connectivity index (χ0v) is 15.3. The number of hydrogen-bond acceptors (Lipinski definition) is 6. The minimum Gasteiger partial charge on any atom is -0.451 e. The molecule has 1 atom stereocenters. The molecule has 1 heterocycles. The molecule has 0 radical (unpaired) electrons. The van der Waals surface area contributed by atoms with Crippen LogP contribution in [0.5, 0.6) is 0 Å². The molecule has 0 aromatic heterocycles. The lowest BCUT2D eigenvalue weighted by Gasteiger charge is -2.16. The maximum Gasteiger partial charge on any atom is 0.405 e. The second kappa shape index (κ2) is 8.29. The van der Waals surface area contributed by atoms with Crippen molar-refractivity contribution in [2.24, 2.45) is 0 Å². The number of urea groups is 1. The molecule has 9 nitrogen and oxygen atoms in total. The molecule has 1 aliphatic heterocycles. The zero-order valence-electron chi connectivity index (χ0n) is 15.3. The van der Waals surface area contributed by atoms with E-state index in [1.807, 2.05) is 0 Å². The maximum absolute atomic E-state index is 12.3. The van der Waals surface area contributed by atoms with Gasteiger partial charge in [0.1, 0.15) is 13.1 Å². The second-order valence-electron chi connectivity index (χ2n) is 6.16. The summed E-state index contributed by atoms with van der Waals surface area (Å²) in [6.45, 7) is 0.360. The molecule has 0 saturated carbocycles. The number of carbonyl (C=O) groups is 5. The predicted octanol–water partition coefficient (Wildman–Crippen LogP) is 0.911. The molecule has 1 aliphatic rings. The van der Waals surface area contributed by atoms with E-state index >= 15 is 0 Å². The van der Waals surface area contributed by atoms with Crippen LogP contribution in [-0.2, 0) is 14.3 Å². The Morgan fingerprint density at radius 2 is 1.76 bits per heavy atom. The minimum absolute atomic E-state index is 0.125. The van der Waals surface area contributed by atoms with Crippen LogP contribution >= 0.6 is 0 Å². The van der Waals surface area contributed by atoms with Crippen LogP contribution in [0.25, 0.3) is 0 Å². The van der Waals surface area contributed by atoms with E-state index in [1.165, 1.54) is 17.4 Å². The van der Waals surface area contributed by atoms with Gasteiger partial charge in [0.25, 0.3) is 17.7 Å². The summed E-state index contributed by atoms with van der Waals surface area (Å²) in [6, 6.07) is 3.15. The van der Waals surface area contributed by atoms with E-state index in [0.29, 0.717) is 4.90 Å². The number of nitrogens with one attached hydrogen (secondary N) is 2. The maximum atomic E-state index is 12.3. The lowest BCUT2D eigenvalue weighted by atomic mass is 10.1. The normalized spacial score (nSPS) is 14.3. The average molecular weight is 415 g/mol. The highest BCUT2D eigenvalue weighted by atomic mass is 19.4. The Labute approximate surface area is 162 Å². The van der Waals surface area contributed by atoms with Crippen molar-refractivity contribution in [3.8, 4) is 0 Å². The van der Waals surface area contributed by atoms with Crippen molar-refractivity contribution in [2.75, 3.05) is 13.1 Å². The van der Waals surface area contributed by atoms with E-state index < -0.39 is 55.1 Å². The largest absolute Gasteiger partial charge is 0.451 e. The Morgan fingerprint density at radius 1 is 1.14 bits per heavy atom. The number of halogens is 3. The van der Waals surface area contributed by atoms with Gasteiger partial charge in [0.15, 0.2) is 6.10 Å². The first-order valence-electron chi connectivity index (χ1n) is 8.21. The quantitative estimate of drug-likeness (QED) is 0.545. The summed E-state index contributed by atoms with van der Waals surface area (Å²) in [5.41, 5.74) is 0.999. The van der Waals surface area contributed by atoms with Crippen molar-refractivity contribution in [2.45, 2.75) is 26.1 Å². The van der Waals surface area contributed by atoms with Crippen LogP contribution in [0, 0.1) is 6.92 Å². The molecule has 1 aromatic carbocycles. The van der Waals surface area contributed by atoms with Gasteiger partial charge in [-0.3, -0.25) is 29.4 Å².